The van der Waals surface area contributed by atoms with E-state index in [0.717, 1.165) is 17.0 Å². The summed E-state index contributed by atoms with van der Waals surface area (Å²) in [6.07, 6.45) is 0.591. The Balaban J connectivity index is 1.79. The summed E-state index contributed by atoms with van der Waals surface area (Å²) in [5.41, 5.74) is 3.11. The first-order valence-electron chi connectivity index (χ1n) is 8.84. The molecule has 1 N–H and O–H groups in total. The number of thiocarbonyl (C=S) groups is 1. The average molecular weight is 405 g/mol. The van der Waals surface area contributed by atoms with Gasteiger partial charge >= 0.3 is 0 Å². The predicted molar refractivity (Wildman–Crippen MR) is 113 cm³/mol. The van der Waals surface area contributed by atoms with Gasteiger partial charge in [-0.25, -0.2) is 8.42 Å². The number of nitrogens with one attached hydrogen (secondary N) is 1. The molecule has 0 unspecified atom stereocenters. The highest BCUT2D eigenvalue weighted by molar-refractivity contribution is 7.91. The summed E-state index contributed by atoms with van der Waals surface area (Å²) < 4.78 is 29.2. The molecular formula is C20H24N2O3S2. The third-order valence-electron chi connectivity index (χ3n) is 4.72. The highest BCUT2D eigenvalue weighted by Crippen LogP contribution is 2.22. The fourth-order valence-electron chi connectivity index (χ4n) is 3.15. The van der Waals surface area contributed by atoms with Crippen LogP contribution in [0.2, 0.25) is 0 Å². The van der Waals surface area contributed by atoms with Gasteiger partial charge in [-0.3, -0.25) is 0 Å². The maximum Gasteiger partial charge on any atom is 0.174 e. The molecule has 144 valence electrons. The Morgan fingerprint density at radius 2 is 1.85 bits per heavy atom. The Labute approximate surface area is 166 Å². The molecule has 0 aromatic heterocycles. The molecular weight excluding hydrogens is 380 g/mol. The number of rotatable bonds is 5. The van der Waals surface area contributed by atoms with Crippen molar-refractivity contribution in [2.45, 2.75) is 25.9 Å². The van der Waals surface area contributed by atoms with Crippen molar-refractivity contribution in [3.05, 3.63) is 59.7 Å². The second kappa shape index (κ2) is 8.27. The summed E-state index contributed by atoms with van der Waals surface area (Å²) in [6, 6.07) is 15.6. The Kier molecular flexibility index (Phi) is 6.01. The van der Waals surface area contributed by atoms with Crippen LogP contribution in [-0.4, -0.2) is 43.1 Å². The largest absolute Gasteiger partial charge is 0.497 e. The van der Waals surface area contributed by atoms with Crippen LogP contribution in [0.25, 0.3) is 0 Å². The minimum absolute atomic E-state index is 0.123. The van der Waals surface area contributed by atoms with Gasteiger partial charge in [-0.05, 0) is 55.4 Å². The molecule has 1 saturated heterocycles. The Hall–Kier alpha value is -2.12. The number of sulfone groups is 1. The predicted octanol–water partition coefficient (Wildman–Crippen LogP) is 3.39. The summed E-state index contributed by atoms with van der Waals surface area (Å²) in [6.45, 7) is 2.57. The molecule has 0 bridgehead atoms. The molecule has 0 amide bonds. The average Bonchev–Trinajstić information content (AvgIpc) is 3.01. The van der Waals surface area contributed by atoms with E-state index in [4.69, 9.17) is 17.0 Å². The molecule has 1 aliphatic heterocycles. The quantitative estimate of drug-likeness (QED) is 0.771. The standard InChI is InChI=1S/C20H24N2O3S2/c1-15-3-7-17(8-4-15)21-20(26)22(18-11-12-27(23,24)14-18)13-16-5-9-19(25-2)10-6-16/h3-10,18H,11-14H2,1-2H3,(H,21,26)/t18-/m1/s1. The zero-order valence-electron chi connectivity index (χ0n) is 15.5. The van der Waals surface area contributed by atoms with Crippen molar-refractivity contribution in [3.8, 4) is 5.75 Å². The van der Waals surface area contributed by atoms with Crippen LogP contribution in [0.15, 0.2) is 48.5 Å². The van der Waals surface area contributed by atoms with E-state index < -0.39 is 9.84 Å². The molecule has 3 rings (SSSR count). The smallest absolute Gasteiger partial charge is 0.174 e. The normalized spacial score (nSPS) is 18.1. The molecule has 1 heterocycles. The van der Waals surface area contributed by atoms with E-state index in [1.165, 1.54) is 5.56 Å². The van der Waals surface area contributed by atoms with Crippen molar-refractivity contribution >= 4 is 32.9 Å². The Morgan fingerprint density at radius 3 is 2.41 bits per heavy atom. The molecule has 0 spiro atoms. The number of hydrogen-bond acceptors (Lipinski definition) is 4. The molecule has 0 saturated carbocycles. The van der Waals surface area contributed by atoms with Gasteiger partial charge in [0.05, 0.1) is 18.6 Å². The summed E-state index contributed by atoms with van der Waals surface area (Å²) in [7, 11) is -1.37. The molecule has 27 heavy (non-hydrogen) atoms. The fourth-order valence-corrected chi connectivity index (χ4v) is 5.21. The third-order valence-corrected chi connectivity index (χ3v) is 6.81. The van der Waals surface area contributed by atoms with Gasteiger partial charge < -0.3 is 15.0 Å². The molecule has 1 fully saturated rings. The van der Waals surface area contributed by atoms with Crippen molar-refractivity contribution in [1.29, 1.82) is 0 Å². The second-order valence-corrected chi connectivity index (χ2v) is 9.44. The molecule has 1 atom stereocenters. The van der Waals surface area contributed by atoms with Gasteiger partial charge in [0.2, 0.25) is 0 Å². The van der Waals surface area contributed by atoms with Crippen molar-refractivity contribution in [1.82, 2.24) is 4.90 Å². The first-order valence-corrected chi connectivity index (χ1v) is 11.1. The molecule has 0 aliphatic carbocycles. The van der Waals surface area contributed by atoms with E-state index >= 15 is 0 Å². The molecule has 2 aromatic carbocycles. The van der Waals surface area contributed by atoms with Crippen LogP contribution < -0.4 is 10.1 Å². The topological polar surface area (TPSA) is 58.6 Å². The number of methoxy groups -OCH3 is 1. The van der Waals surface area contributed by atoms with Crippen LogP contribution in [-0.2, 0) is 16.4 Å². The number of aryl methyl sites for hydroxylation is 1. The lowest BCUT2D eigenvalue weighted by Gasteiger charge is -2.31. The summed E-state index contributed by atoms with van der Waals surface area (Å²) in [5.74, 6) is 1.14. The van der Waals surface area contributed by atoms with Crippen molar-refractivity contribution in [3.63, 3.8) is 0 Å². The number of nitrogens with zero attached hydrogens (tertiary/aromatic N) is 1. The zero-order chi connectivity index (χ0) is 19.4. The van der Waals surface area contributed by atoms with E-state index in [9.17, 15) is 8.42 Å². The van der Waals surface area contributed by atoms with Crippen molar-refractivity contribution in [2.75, 3.05) is 23.9 Å². The first-order chi connectivity index (χ1) is 12.9. The van der Waals surface area contributed by atoms with Crippen molar-refractivity contribution < 1.29 is 13.2 Å². The van der Waals surface area contributed by atoms with Gasteiger partial charge in [0.15, 0.2) is 14.9 Å². The SMILES string of the molecule is COc1ccc(CN(C(=S)Nc2ccc(C)cc2)[C@@H]2CCS(=O)(=O)C2)cc1. The monoisotopic (exact) mass is 404 g/mol. The van der Waals surface area contributed by atoms with Gasteiger partial charge in [0, 0.05) is 18.3 Å². The molecule has 1 aliphatic rings. The van der Waals surface area contributed by atoms with Crippen LogP contribution in [0.4, 0.5) is 5.69 Å². The van der Waals surface area contributed by atoms with Gasteiger partial charge in [0.25, 0.3) is 0 Å². The summed E-state index contributed by atoms with van der Waals surface area (Å²) in [5, 5.41) is 3.79. The Bertz CT molecular complexity index is 894. The summed E-state index contributed by atoms with van der Waals surface area (Å²) >= 11 is 5.64. The van der Waals surface area contributed by atoms with Crippen LogP contribution in [0.3, 0.4) is 0 Å². The van der Waals surface area contributed by atoms with E-state index in [-0.39, 0.29) is 17.5 Å². The maximum absolute atomic E-state index is 12.0. The van der Waals surface area contributed by atoms with E-state index in [0.29, 0.717) is 18.1 Å². The molecule has 0 radical (unpaired) electrons. The maximum atomic E-state index is 12.0. The van der Waals surface area contributed by atoms with E-state index in [2.05, 4.69) is 5.32 Å². The van der Waals surface area contributed by atoms with Crippen LogP contribution in [0.5, 0.6) is 5.75 Å². The van der Waals surface area contributed by atoms with Gasteiger partial charge in [-0.1, -0.05) is 29.8 Å². The van der Waals surface area contributed by atoms with E-state index in [1.807, 2.05) is 60.4 Å². The first kappa shape index (κ1) is 19.6. The zero-order valence-corrected chi connectivity index (χ0v) is 17.1. The fraction of sp³-hybridized carbons (Fsp3) is 0.350. The second-order valence-electron chi connectivity index (χ2n) is 6.83. The minimum atomic E-state index is -3.00. The summed E-state index contributed by atoms with van der Waals surface area (Å²) in [4.78, 5) is 1.99. The number of anilines is 1. The molecule has 7 heteroatoms. The highest BCUT2D eigenvalue weighted by atomic mass is 32.2. The van der Waals surface area contributed by atoms with E-state index in [1.54, 1.807) is 7.11 Å². The third kappa shape index (κ3) is 5.20. The van der Waals surface area contributed by atoms with Crippen LogP contribution in [0, 0.1) is 6.92 Å². The molecule has 5 nitrogen and oxygen atoms in total. The number of benzene rings is 2. The van der Waals surface area contributed by atoms with Gasteiger partial charge in [-0.2, -0.15) is 0 Å². The lowest BCUT2D eigenvalue weighted by molar-refractivity contribution is 0.332. The van der Waals surface area contributed by atoms with Gasteiger partial charge in [0.1, 0.15) is 5.75 Å². The lowest BCUT2D eigenvalue weighted by atomic mass is 10.1. The number of hydrogen-bond donors (Lipinski definition) is 1. The molecule has 2 aromatic rings. The highest BCUT2D eigenvalue weighted by Gasteiger charge is 2.33. The number of ether oxygens (including phenoxy) is 1. The lowest BCUT2D eigenvalue weighted by Crippen LogP contribution is -2.43. The Morgan fingerprint density at radius 1 is 1.19 bits per heavy atom. The van der Waals surface area contributed by atoms with Crippen molar-refractivity contribution in [2.24, 2.45) is 0 Å². The minimum Gasteiger partial charge on any atom is -0.497 e. The van der Waals surface area contributed by atoms with Gasteiger partial charge in [-0.15, -0.1) is 0 Å². The van der Waals surface area contributed by atoms with Crippen LogP contribution in [0.1, 0.15) is 17.5 Å². The van der Waals surface area contributed by atoms with Crippen LogP contribution >= 0.6 is 12.2 Å².